The van der Waals surface area contributed by atoms with Crippen molar-refractivity contribution in [2.75, 3.05) is 19.7 Å². The van der Waals surface area contributed by atoms with Gasteiger partial charge in [0.05, 0.1) is 11.6 Å². The quantitative estimate of drug-likeness (QED) is 0.888. The summed E-state index contributed by atoms with van der Waals surface area (Å²) in [4.78, 5) is 0. The predicted octanol–water partition coefficient (Wildman–Crippen LogP) is 3.67. The number of halogens is 1. The first-order chi connectivity index (χ1) is 9.33. The fourth-order valence-corrected chi connectivity index (χ4v) is 3.02. The lowest BCUT2D eigenvalue weighted by atomic mass is 9.92. The highest BCUT2D eigenvalue weighted by Gasteiger charge is 2.23. The van der Waals surface area contributed by atoms with Gasteiger partial charge in [-0.15, -0.1) is 0 Å². The van der Waals surface area contributed by atoms with Crippen LogP contribution in [0.5, 0.6) is 5.75 Å². The molecule has 1 saturated carbocycles. The molecule has 1 atom stereocenters. The van der Waals surface area contributed by atoms with Crippen molar-refractivity contribution in [2.24, 2.45) is 11.8 Å². The lowest BCUT2D eigenvalue weighted by Crippen LogP contribution is -2.30. The Morgan fingerprint density at radius 2 is 2.11 bits per heavy atom. The molecule has 2 nitrogen and oxygen atoms in total. The van der Waals surface area contributed by atoms with E-state index in [1.807, 2.05) is 12.1 Å². The van der Waals surface area contributed by atoms with Crippen molar-refractivity contribution < 1.29 is 4.74 Å². The molecule has 1 aliphatic carbocycles. The zero-order valence-corrected chi connectivity index (χ0v) is 12.1. The predicted molar refractivity (Wildman–Crippen MR) is 79.0 cm³/mol. The number of piperidine rings is 1. The largest absolute Gasteiger partial charge is 0.491 e. The van der Waals surface area contributed by atoms with Crippen LogP contribution >= 0.6 is 11.6 Å². The Kier molecular flexibility index (Phi) is 4.29. The summed E-state index contributed by atoms with van der Waals surface area (Å²) in [6.07, 6.45) is 6.29. The Hall–Kier alpha value is -0.730. The van der Waals surface area contributed by atoms with Crippen molar-refractivity contribution in [1.82, 2.24) is 5.32 Å². The first kappa shape index (κ1) is 13.3. The maximum absolute atomic E-state index is 6.31. The maximum Gasteiger partial charge on any atom is 0.141 e. The third-order valence-electron chi connectivity index (χ3n) is 4.12. The molecule has 0 amide bonds. The van der Waals surface area contributed by atoms with Crippen molar-refractivity contribution in [3.05, 3.63) is 28.8 Å². The van der Waals surface area contributed by atoms with Crippen LogP contribution in [0.1, 0.15) is 31.2 Å². The molecule has 3 rings (SSSR count). The molecule has 0 bridgehead atoms. The molecule has 1 N–H and O–H groups in total. The lowest BCUT2D eigenvalue weighted by molar-refractivity contribution is 0.293. The topological polar surface area (TPSA) is 21.3 Å². The molecule has 0 aromatic heterocycles. The zero-order chi connectivity index (χ0) is 13.1. The monoisotopic (exact) mass is 279 g/mol. The van der Waals surface area contributed by atoms with Gasteiger partial charge in [-0.2, -0.15) is 0 Å². The summed E-state index contributed by atoms with van der Waals surface area (Å²) in [5.74, 6) is 2.41. The molecule has 1 heterocycles. The number of benzene rings is 1. The van der Waals surface area contributed by atoms with E-state index < -0.39 is 0 Å². The molecule has 2 fully saturated rings. The molecule has 3 heteroatoms. The molecular weight excluding hydrogens is 258 g/mol. The van der Waals surface area contributed by atoms with E-state index in [9.17, 15) is 0 Å². The van der Waals surface area contributed by atoms with E-state index in [0.29, 0.717) is 0 Å². The molecule has 104 valence electrons. The third kappa shape index (κ3) is 3.64. The summed E-state index contributed by atoms with van der Waals surface area (Å²) in [7, 11) is 0. The van der Waals surface area contributed by atoms with Crippen molar-refractivity contribution >= 4 is 11.6 Å². The summed E-state index contributed by atoms with van der Waals surface area (Å²) in [5, 5.41) is 4.24. The summed E-state index contributed by atoms with van der Waals surface area (Å²) in [6, 6.07) is 6.15. The van der Waals surface area contributed by atoms with Gasteiger partial charge in [0.2, 0.25) is 0 Å². The molecule has 1 aromatic carbocycles. The van der Waals surface area contributed by atoms with E-state index in [2.05, 4.69) is 11.4 Å². The van der Waals surface area contributed by atoms with Crippen molar-refractivity contribution in [3.8, 4) is 5.75 Å². The van der Waals surface area contributed by atoms with Gasteiger partial charge in [-0.05, 0) is 68.7 Å². The molecule has 0 radical (unpaired) electrons. The van der Waals surface area contributed by atoms with Gasteiger partial charge in [-0.25, -0.2) is 0 Å². The maximum atomic E-state index is 6.31. The number of para-hydroxylation sites is 1. The van der Waals surface area contributed by atoms with E-state index in [1.54, 1.807) is 0 Å². The smallest absolute Gasteiger partial charge is 0.141 e. The van der Waals surface area contributed by atoms with E-state index in [4.69, 9.17) is 16.3 Å². The second-order valence-corrected chi connectivity index (χ2v) is 6.31. The van der Waals surface area contributed by atoms with Gasteiger partial charge < -0.3 is 10.1 Å². The number of hydrogen-bond donors (Lipinski definition) is 1. The fourth-order valence-electron chi connectivity index (χ4n) is 2.77. The highest BCUT2D eigenvalue weighted by molar-refractivity contribution is 6.32. The van der Waals surface area contributed by atoms with Crippen LogP contribution in [0.4, 0.5) is 0 Å². The van der Waals surface area contributed by atoms with Crippen LogP contribution in [0.25, 0.3) is 0 Å². The molecule has 0 spiro atoms. The highest BCUT2D eigenvalue weighted by Crippen LogP contribution is 2.35. The Morgan fingerprint density at radius 1 is 1.21 bits per heavy atom. The van der Waals surface area contributed by atoms with Gasteiger partial charge in [0, 0.05) is 0 Å². The summed E-state index contributed by atoms with van der Waals surface area (Å²) >= 11 is 6.31. The van der Waals surface area contributed by atoms with E-state index in [0.717, 1.165) is 48.7 Å². The summed E-state index contributed by atoms with van der Waals surface area (Å²) < 4.78 is 5.98. The minimum absolute atomic E-state index is 0.718. The highest BCUT2D eigenvalue weighted by atomic mass is 35.5. The van der Waals surface area contributed by atoms with Gasteiger partial charge in [-0.3, -0.25) is 0 Å². The van der Waals surface area contributed by atoms with Crippen LogP contribution in [-0.4, -0.2) is 19.7 Å². The summed E-state index contributed by atoms with van der Waals surface area (Å²) in [5.41, 5.74) is 1.28. The Morgan fingerprint density at radius 3 is 2.84 bits per heavy atom. The number of hydrogen-bond acceptors (Lipinski definition) is 2. The zero-order valence-electron chi connectivity index (χ0n) is 11.3. The number of nitrogens with one attached hydrogen (secondary N) is 1. The average molecular weight is 280 g/mol. The Balaban J connectivity index is 1.68. The SMILES string of the molecule is Clc1cccc(CC2CCCNC2)c1OCC1CC1. The molecule has 1 saturated heterocycles. The normalized spacial score (nSPS) is 23.3. The Bertz CT molecular complexity index is 425. The van der Waals surface area contributed by atoms with Gasteiger partial charge in [0.1, 0.15) is 5.75 Å². The second kappa shape index (κ2) is 6.15. The van der Waals surface area contributed by atoms with Crippen molar-refractivity contribution in [2.45, 2.75) is 32.1 Å². The number of rotatable bonds is 5. The van der Waals surface area contributed by atoms with E-state index in [1.165, 1.54) is 31.2 Å². The fraction of sp³-hybridized carbons (Fsp3) is 0.625. The van der Waals surface area contributed by atoms with Crippen LogP contribution in [0.15, 0.2) is 18.2 Å². The molecule has 1 unspecified atom stereocenters. The van der Waals surface area contributed by atoms with Crippen LogP contribution in [0.2, 0.25) is 5.02 Å². The van der Waals surface area contributed by atoms with Gasteiger partial charge in [0.25, 0.3) is 0 Å². The molecule has 1 aliphatic heterocycles. The summed E-state index contributed by atoms with van der Waals surface area (Å²) in [6.45, 7) is 3.12. The van der Waals surface area contributed by atoms with E-state index >= 15 is 0 Å². The van der Waals surface area contributed by atoms with Crippen LogP contribution in [-0.2, 0) is 6.42 Å². The van der Waals surface area contributed by atoms with Crippen LogP contribution in [0, 0.1) is 11.8 Å². The van der Waals surface area contributed by atoms with Crippen LogP contribution < -0.4 is 10.1 Å². The lowest BCUT2D eigenvalue weighted by Gasteiger charge is -2.24. The average Bonchev–Trinajstić information content (AvgIpc) is 3.23. The minimum Gasteiger partial charge on any atom is -0.491 e. The van der Waals surface area contributed by atoms with Gasteiger partial charge >= 0.3 is 0 Å². The number of ether oxygens (including phenoxy) is 1. The van der Waals surface area contributed by atoms with Crippen molar-refractivity contribution in [3.63, 3.8) is 0 Å². The first-order valence-electron chi connectivity index (χ1n) is 7.44. The standard InChI is InChI=1S/C16H22ClNO/c17-15-5-1-4-14(9-13-3-2-8-18-10-13)16(15)19-11-12-6-7-12/h1,4-5,12-13,18H,2-3,6-11H2. The Labute approximate surface area is 120 Å². The molecule has 2 aliphatic rings. The van der Waals surface area contributed by atoms with E-state index in [-0.39, 0.29) is 0 Å². The first-order valence-corrected chi connectivity index (χ1v) is 7.81. The van der Waals surface area contributed by atoms with Gasteiger partial charge in [0.15, 0.2) is 0 Å². The van der Waals surface area contributed by atoms with Crippen LogP contribution in [0.3, 0.4) is 0 Å². The molecule has 1 aromatic rings. The van der Waals surface area contributed by atoms with Gasteiger partial charge in [-0.1, -0.05) is 23.7 Å². The second-order valence-electron chi connectivity index (χ2n) is 5.90. The molecule has 19 heavy (non-hydrogen) atoms. The van der Waals surface area contributed by atoms with Crippen molar-refractivity contribution in [1.29, 1.82) is 0 Å². The molecular formula is C16H22ClNO. The third-order valence-corrected chi connectivity index (χ3v) is 4.41. The minimum atomic E-state index is 0.718.